The summed E-state index contributed by atoms with van der Waals surface area (Å²) in [6.07, 6.45) is 1.38. The molecule has 0 aliphatic carbocycles. The number of aliphatic hydroxyl groups excluding tert-OH is 1. The number of methoxy groups -OCH3 is 1. The summed E-state index contributed by atoms with van der Waals surface area (Å²) in [6, 6.07) is 21.7. The molecule has 2 heterocycles. The van der Waals surface area contributed by atoms with Crippen LogP contribution >= 0.6 is 0 Å². The summed E-state index contributed by atoms with van der Waals surface area (Å²) in [5, 5.41) is 11.4. The van der Waals surface area contributed by atoms with Crippen LogP contribution in [0.3, 0.4) is 0 Å². The van der Waals surface area contributed by atoms with Crippen LogP contribution in [0.15, 0.2) is 78.4 Å². The van der Waals surface area contributed by atoms with E-state index >= 15 is 0 Å². The number of rotatable bonds is 6. The quantitative estimate of drug-likeness (QED) is 0.322. The molecule has 1 fully saturated rings. The van der Waals surface area contributed by atoms with Gasteiger partial charge in [0.05, 0.1) is 18.7 Å². The SMILES string of the molecule is COc1ccc(C2/C(=C(/O)c3ccc4c(c3)CC(C)O4)C(=O)C(=O)N2CCc2ccccc2)cc1. The summed E-state index contributed by atoms with van der Waals surface area (Å²) in [5.41, 5.74) is 3.37. The second-order valence-electron chi connectivity index (χ2n) is 8.96. The minimum Gasteiger partial charge on any atom is -0.507 e. The van der Waals surface area contributed by atoms with Gasteiger partial charge in [-0.15, -0.1) is 0 Å². The molecule has 5 rings (SSSR count). The molecule has 2 aliphatic heterocycles. The Morgan fingerprint density at radius 2 is 1.80 bits per heavy atom. The predicted molar refractivity (Wildman–Crippen MR) is 132 cm³/mol. The topological polar surface area (TPSA) is 76.1 Å². The van der Waals surface area contributed by atoms with E-state index in [1.807, 2.05) is 61.5 Å². The van der Waals surface area contributed by atoms with Gasteiger partial charge < -0.3 is 19.5 Å². The molecular weight excluding hydrogens is 442 g/mol. The number of likely N-dealkylation sites (tertiary alicyclic amines) is 1. The van der Waals surface area contributed by atoms with Crippen LogP contribution in [0.5, 0.6) is 11.5 Å². The van der Waals surface area contributed by atoms with E-state index in [2.05, 4.69) is 0 Å². The Kier molecular flexibility index (Phi) is 6.03. The monoisotopic (exact) mass is 469 g/mol. The first kappa shape index (κ1) is 22.7. The van der Waals surface area contributed by atoms with Crippen LogP contribution in [0.1, 0.15) is 35.2 Å². The summed E-state index contributed by atoms with van der Waals surface area (Å²) in [7, 11) is 1.58. The van der Waals surface area contributed by atoms with E-state index in [9.17, 15) is 14.7 Å². The zero-order chi connectivity index (χ0) is 24.5. The van der Waals surface area contributed by atoms with Gasteiger partial charge in [0, 0.05) is 18.5 Å². The predicted octanol–water partition coefficient (Wildman–Crippen LogP) is 4.68. The van der Waals surface area contributed by atoms with Crippen molar-refractivity contribution in [1.29, 1.82) is 0 Å². The van der Waals surface area contributed by atoms with E-state index in [-0.39, 0.29) is 17.4 Å². The molecule has 6 heteroatoms. The molecule has 0 spiro atoms. The van der Waals surface area contributed by atoms with Gasteiger partial charge >= 0.3 is 0 Å². The number of nitrogens with zero attached hydrogens (tertiary/aromatic N) is 1. The maximum Gasteiger partial charge on any atom is 0.295 e. The van der Waals surface area contributed by atoms with E-state index in [1.54, 1.807) is 30.2 Å². The van der Waals surface area contributed by atoms with Crippen molar-refractivity contribution >= 4 is 17.4 Å². The number of ketones is 1. The second kappa shape index (κ2) is 9.29. The Balaban J connectivity index is 1.57. The first-order valence-electron chi connectivity index (χ1n) is 11.7. The molecule has 1 saturated heterocycles. The average molecular weight is 470 g/mol. The third-order valence-electron chi connectivity index (χ3n) is 6.63. The van der Waals surface area contributed by atoms with Crippen LogP contribution in [-0.4, -0.2) is 41.5 Å². The number of ether oxygens (including phenoxy) is 2. The zero-order valence-corrected chi connectivity index (χ0v) is 19.7. The van der Waals surface area contributed by atoms with Crippen LogP contribution in [0.25, 0.3) is 5.76 Å². The fraction of sp³-hybridized carbons (Fsp3) is 0.241. The molecule has 35 heavy (non-hydrogen) atoms. The van der Waals surface area contributed by atoms with E-state index in [0.29, 0.717) is 24.3 Å². The van der Waals surface area contributed by atoms with Gasteiger partial charge in [-0.05, 0) is 60.4 Å². The van der Waals surface area contributed by atoms with Crippen molar-refractivity contribution in [1.82, 2.24) is 4.90 Å². The molecule has 0 bridgehead atoms. The Morgan fingerprint density at radius 1 is 1.06 bits per heavy atom. The van der Waals surface area contributed by atoms with Gasteiger partial charge in [-0.1, -0.05) is 42.5 Å². The molecular formula is C29H27NO5. The van der Waals surface area contributed by atoms with Crippen molar-refractivity contribution < 1.29 is 24.2 Å². The van der Waals surface area contributed by atoms with Crippen LogP contribution in [-0.2, 0) is 22.4 Å². The molecule has 1 N–H and O–H groups in total. The molecule has 2 unspecified atom stereocenters. The number of Topliss-reactive ketones (excluding diaryl/α,β-unsaturated/α-hetero) is 1. The van der Waals surface area contributed by atoms with Gasteiger partial charge in [-0.25, -0.2) is 0 Å². The van der Waals surface area contributed by atoms with Crippen molar-refractivity contribution in [2.75, 3.05) is 13.7 Å². The van der Waals surface area contributed by atoms with Gasteiger partial charge in [-0.2, -0.15) is 0 Å². The molecule has 3 aromatic rings. The van der Waals surface area contributed by atoms with Crippen LogP contribution in [0, 0.1) is 0 Å². The first-order chi connectivity index (χ1) is 17.0. The molecule has 0 saturated carbocycles. The normalized spacial score (nSPS) is 20.6. The molecule has 3 aromatic carbocycles. The minimum atomic E-state index is -0.701. The van der Waals surface area contributed by atoms with E-state index in [4.69, 9.17) is 9.47 Å². The smallest absolute Gasteiger partial charge is 0.295 e. The third-order valence-corrected chi connectivity index (χ3v) is 6.63. The number of fused-ring (bicyclic) bond motifs is 1. The van der Waals surface area contributed by atoms with Gasteiger partial charge in [0.2, 0.25) is 0 Å². The van der Waals surface area contributed by atoms with E-state index in [0.717, 1.165) is 28.9 Å². The lowest BCUT2D eigenvalue weighted by molar-refractivity contribution is -0.139. The molecule has 178 valence electrons. The first-order valence-corrected chi connectivity index (χ1v) is 11.7. The average Bonchev–Trinajstić information content (AvgIpc) is 3.38. The highest BCUT2D eigenvalue weighted by Gasteiger charge is 2.46. The van der Waals surface area contributed by atoms with Crippen molar-refractivity contribution in [3.8, 4) is 11.5 Å². The lowest BCUT2D eigenvalue weighted by atomic mass is 9.94. The highest BCUT2D eigenvalue weighted by atomic mass is 16.5. The molecule has 6 nitrogen and oxygen atoms in total. The Bertz CT molecular complexity index is 1300. The van der Waals surface area contributed by atoms with Crippen molar-refractivity contribution in [2.45, 2.75) is 31.9 Å². The number of hydrogen-bond acceptors (Lipinski definition) is 5. The number of amides is 1. The maximum atomic E-state index is 13.3. The van der Waals surface area contributed by atoms with E-state index < -0.39 is 17.7 Å². The minimum absolute atomic E-state index is 0.0604. The zero-order valence-electron chi connectivity index (χ0n) is 19.7. The molecule has 1 amide bonds. The molecule has 2 aliphatic rings. The van der Waals surface area contributed by atoms with Gasteiger partial charge in [0.25, 0.3) is 11.7 Å². The number of benzene rings is 3. The van der Waals surface area contributed by atoms with Crippen molar-refractivity contribution in [3.63, 3.8) is 0 Å². The summed E-state index contributed by atoms with van der Waals surface area (Å²) in [5.74, 6) is -0.0107. The molecule has 0 radical (unpaired) electrons. The fourth-order valence-electron chi connectivity index (χ4n) is 4.86. The van der Waals surface area contributed by atoms with Gasteiger partial charge in [-0.3, -0.25) is 9.59 Å². The Labute approximate surface area is 204 Å². The highest BCUT2D eigenvalue weighted by molar-refractivity contribution is 6.46. The van der Waals surface area contributed by atoms with Gasteiger partial charge in [0.15, 0.2) is 0 Å². The lowest BCUT2D eigenvalue weighted by Crippen LogP contribution is -2.31. The number of aliphatic hydroxyl groups is 1. The largest absolute Gasteiger partial charge is 0.507 e. The van der Waals surface area contributed by atoms with Crippen LogP contribution in [0.4, 0.5) is 0 Å². The maximum absolute atomic E-state index is 13.3. The fourth-order valence-corrected chi connectivity index (χ4v) is 4.86. The van der Waals surface area contributed by atoms with Crippen LogP contribution < -0.4 is 9.47 Å². The Hall–Kier alpha value is -4.06. The van der Waals surface area contributed by atoms with Gasteiger partial charge in [0.1, 0.15) is 23.4 Å². The number of hydrogen-bond donors (Lipinski definition) is 1. The standard InChI is InChI=1S/C29H27NO5/c1-18-16-22-17-21(10-13-24(22)35-18)27(31)25-26(20-8-11-23(34-2)12-9-20)30(29(33)28(25)32)15-14-19-6-4-3-5-7-19/h3-13,17-18,26,31H,14-16H2,1-2H3/b27-25-. The summed E-state index contributed by atoms with van der Waals surface area (Å²) in [6.45, 7) is 2.33. The molecule has 0 aromatic heterocycles. The second-order valence-corrected chi connectivity index (χ2v) is 8.96. The van der Waals surface area contributed by atoms with E-state index in [1.165, 1.54) is 0 Å². The van der Waals surface area contributed by atoms with Crippen LogP contribution in [0.2, 0.25) is 0 Å². The summed E-state index contributed by atoms with van der Waals surface area (Å²) < 4.78 is 11.1. The number of carbonyl (C=O) groups excluding carboxylic acids is 2. The van der Waals surface area contributed by atoms with Crippen molar-refractivity contribution in [3.05, 3.63) is 101 Å². The molecule has 2 atom stereocenters. The summed E-state index contributed by atoms with van der Waals surface area (Å²) in [4.78, 5) is 28.0. The third kappa shape index (κ3) is 4.28. The van der Waals surface area contributed by atoms with Crippen molar-refractivity contribution in [2.24, 2.45) is 0 Å². The Morgan fingerprint density at radius 3 is 2.51 bits per heavy atom. The number of carbonyl (C=O) groups is 2. The summed E-state index contributed by atoms with van der Waals surface area (Å²) >= 11 is 0. The lowest BCUT2D eigenvalue weighted by Gasteiger charge is -2.25. The highest BCUT2D eigenvalue weighted by Crippen LogP contribution is 2.41.